The smallest absolute Gasteiger partial charge is 0.309 e. The average Bonchev–Trinajstić information content (AvgIpc) is 3.20. The molecule has 6 nitrogen and oxygen atoms in total. The lowest BCUT2D eigenvalue weighted by atomic mass is 9.65. The van der Waals surface area contributed by atoms with Crippen LogP contribution in [0.2, 0.25) is 0 Å². The molecule has 0 bridgehead atoms. The van der Waals surface area contributed by atoms with E-state index in [1.165, 1.54) is 18.3 Å². The number of rotatable bonds is 9. The molecular weight excluding hydrogens is 439 g/mol. The first kappa shape index (κ1) is 23.0. The average molecular weight is 461 g/mol. The molecule has 162 valence electrons. The fourth-order valence-corrected chi connectivity index (χ4v) is 4.58. The molecule has 0 saturated carbocycles. The normalized spacial score (nSPS) is 22.7. The highest BCUT2D eigenvalue weighted by molar-refractivity contribution is 6.49. The summed E-state index contributed by atoms with van der Waals surface area (Å²) in [6.07, 6.45) is 7.47. The number of nitrogens with zero attached hydrogens (tertiary/aromatic N) is 1. The highest BCUT2D eigenvalue weighted by Crippen LogP contribution is 2.49. The maximum atomic E-state index is 13.8. The molecule has 1 aromatic carbocycles. The number of aromatic nitrogens is 2. The maximum absolute atomic E-state index is 13.8. The molecule has 0 fully saturated rings. The van der Waals surface area contributed by atoms with Gasteiger partial charge in [-0.05, 0) is 18.6 Å². The van der Waals surface area contributed by atoms with Crippen LogP contribution in [-0.2, 0) is 21.4 Å². The number of H-pyrrole nitrogens is 1. The molecule has 3 rings (SSSR count). The van der Waals surface area contributed by atoms with Gasteiger partial charge in [-0.1, -0.05) is 67.8 Å². The van der Waals surface area contributed by atoms with E-state index >= 15 is 0 Å². The Morgan fingerprint density at radius 1 is 1.19 bits per heavy atom. The summed E-state index contributed by atoms with van der Waals surface area (Å²) in [4.78, 5) is 44.0. The van der Waals surface area contributed by atoms with Gasteiger partial charge in [-0.3, -0.25) is 14.4 Å². The molecule has 31 heavy (non-hydrogen) atoms. The highest BCUT2D eigenvalue weighted by Gasteiger charge is 2.58. The second-order valence-electron chi connectivity index (χ2n) is 7.49. The van der Waals surface area contributed by atoms with Crippen molar-refractivity contribution in [3.63, 3.8) is 0 Å². The Kier molecular flexibility index (Phi) is 6.82. The third-order valence-electron chi connectivity index (χ3n) is 5.35. The molecule has 0 amide bonds. The van der Waals surface area contributed by atoms with Crippen LogP contribution < -0.4 is 0 Å². The molecule has 2 unspecified atom stereocenters. The van der Waals surface area contributed by atoms with E-state index in [1.54, 1.807) is 36.4 Å². The van der Waals surface area contributed by atoms with Crippen LogP contribution in [0, 0.1) is 0 Å². The molecule has 2 aromatic rings. The van der Waals surface area contributed by atoms with Crippen molar-refractivity contribution in [2.24, 2.45) is 0 Å². The van der Waals surface area contributed by atoms with Crippen molar-refractivity contribution in [1.82, 2.24) is 9.97 Å². The Bertz CT molecular complexity index is 1060. The third kappa shape index (κ3) is 4.36. The van der Waals surface area contributed by atoms with Gasteiger partial charge in [-0.2, -0.15) is 0 Å². The maximum Gasteiger partial charge on any atom is 0.309 e. The summed E-state index contributed by atoms with van der Waals surface area (Å²) in [5.74, 6) is -2.42. The molecule has 1 heterocycles. The number of hydrogen-bond acceptors (Lipinski definition) is 4. The number of Topliss-reactive ketones (excluding diaryl/α,β-unsaturated/α-hetero) is 2. The van der Waals surface area contributed by atoms with Crippen LogP contribution in [0.3, 0.4) is 0 Å². The van der Waals surface area contributed by atoms with Crippen molar-refractivity contribution in [2.45, 2.75) is 42.9 Å². The molecule has 1 aliphatic carbocycles. The molecular formula is C23H22Cl2N2O4. The predicted molar refractivity (Wildman–Crippen MR) is 119 cm³/mol. The molecule has 1 aliphatic rings. The van der Waals surface area contributed by atoms with Gasteiger partial charge in [0.1, 0.15) is 11.2 Å². The Morgan fingerprint density at radius 2 is 1.90 bits per heavy atom. The van der Waals surface area contributed by atoms with Crippen LogP contribution in [0.1, 0.15) is 48.1 Å². The number of carbonyl (C=O) groups excluding carboxylic acids is 2. The Balaban J connectivity index is 2.19. The number of alkyl halides is 1. The summed E-state index contributed by atoms with van der Waals surface area (Å²) in [7, 11) is 0. The van der Waals surface area contributed by atoms with E-state index in [1.807, 2.05) is 6.92 Å². The minimum absolute atomic E-state index is 0.112. The molecule has 2 atom stereocenters. The van der Waals surface area contributed by atoms with Crippen molar-refractivity contribution in [3.05, 3.63) is 76.9 Å². The number of unbranched alkanes of at least 4 members (excludes halogenated alkanes) is 1. The van der Waals surface area contributed by atoms with Crippen molar-refractivity contribution < 1.29 is 19.5 Å². The van der Waals surface area contributed by atoms with Gasteiger partial charge in [0.15, 0.2) is 0 Å². The molecule has 0 aliphatic heterocycles. The van der Waals surface area contributed by atoms with Gasteiger partial charge >= 0.3 is 5.97 Å². The van der Waals surface area contributed by atoms with E-state index in [9.17, 15) is 14.4 Å². The van der Waals surface area contributed by atoms with Crippen LogP contribution in [0.5, 0.6) is 0 Å². The summed E-state index contributed by atoms with van der Waals surface area (Å²) >= 11 is 13.3. The number of benzene rings is 1. The van der Waals surface area contributed by atoms with Crippen LogP contribution >= 0.6 is 23.2 Å². The first-order valence-corrected chi connectivity index (χ1v) is 10.7. The molecule has 0 saturated heterocycles. The predicted octanol–water partition coefficient (Wildman–Crippen LogP) is 4.59. The number of ketones is 2. The number of carboxylic acid groups (broad SMARTS) is 1. The SMILES string of the molecule is CCCCC1(Cl)C=C(Cl)C=CC1(C(=O)C(=O)c1ccccc1)c1ncc(CC(=O)O)[nH]1. The van der Waals surface area contributed by atoms with Crippen LogP contribution in [-0.4, -0.2) is 37.5 Å². The van der Waals surface area contributed by atoms with Crippen molar-refractivity contribution in [3.8, 4) is 0 Å². The summed E-state index contributed by atoms with van der Waals surface area (Å²) in [6.45, 7) is 1.99. The first-order valence-electron chi connectivity index (χ1n) is 9.90. The van der Waals surface area contributed by atoms with Gasteiger partial charge in [0.25, 0.3) is 0 Å². The van der Waals surface area contributed by atoms with Gasteiger partial charge in [-0.25, -0.2) is 4.98 Å². The molecule has 0 radical (unpaired) electrons. The van der Waals surface area contributed by atoms with Gasteiger partial charge in [-0.15, -0.1) is 11.6 Å². The fourth-order valence-electron chi connectivity index (χ4n) is 3.79. The Labute approximate surface area is 190 Å². The monoisotopic (exact) mass is 460 g/mol. The van der Waals surface area contributed by atoms with Gasteiger partial charge in [0.2, 0.25) is 11.6 Å². The highest BCUT2D eigenvalue weighted by atomic mass is 35.5. The number of imidazole rings is 1. The van der Waals surface area contributed by atoms with E-state index in [2.05, 4.69) is 9.97 Å². The lowest BCUT2D eigenvalue weighted by Gasteiger charge is -2.42. The van der Waals surface area contributed by atoms with Crippen LogP contribution in [0.4, 0.5) is 0 Å². The van der Waals surface area contributed by atoms with E-state index in [-0.39, 0.29) is 17.8 Å². The van der Waals surface area contributed by atoms with E-state index in [0.717, 1.165) is 6.42 Å². The summed E-state index contributed by atoms with van der Waals surface area (Å²) < 4.78 is 0. The summed E-state index contributed by atoms with van der Waals surface area (Å²) in [5.41, 5.74) is -1.15. The largest absolute Gasteiger partial charge is 0.481 e. The zero-order valence-electron chi connectivity index (χ0n) is 16.9. The number of nitrogens with one attached hydrogen (secondary N) is 1. The zero-order chi connectivity index (χ0) is 22.6. The van der Waals surface area contributed by atoms with Crippen LogP contribution in [0.15, 0.2) is 59.8 Å². The number of hydrogen-bond donors (Lipinski definition) is 2. The second-order valence-corrected chi connectivity index (χ2v) is 8.60. The second kappa shape index (κ2) is 9.20. The fraction of sp³-hybridized carbons (Fsp3) is 0.304. The summed E-state index contributed by atoms with van der Waals surface area (Å²) in [5, 5.41) is 9.46. The number of allylic oxidation sites excluding steroid dienone is 4. The molecule has 8 heteroatoms. The number of aromatic amines is 1. The van der Waals surface area contributed by atoms with E-state index in [0.29, 0.717) is 23.6 Å². The van der Waals surface area contributed by atoms with Crippen molar-refractivity contribution in [2.75, 3.05) is 0 Å². The van der Waals surface area contributed by atoms with Crippen molar-refractivity contribution in [1.29, 1.82) is 0 Å². The molecule has 1 aromatic heterocycles. The topological polar surface area (TPSA) is 100 Å². The quantitative estimate of drug-likeness (QED) is 0.323. The van der Waals surface area contributed by atoms with Gasteiger partial charge in [0.05, 0.1) is 11.3 Å². The lowest BCUT2D eigenvalue weighted by molar-refractivity contribution is -0.136. The summed E-state index contributed by atoms with van der Waals surface area (Å²) in [6, 6.07) is 8.21. The Hall–Kier alpha value is -2.70. The minimum atomic E-state index is -1.67. The standard InChI is InChI=1S/C23H22Cl2N2O4/c1-2-3-10-22(25)13-16(24)9-11-23(22,21-26-14-17(27-21)12-18(28)29)20(31)19(30)15-7-5-4-6-8-15/h4-9,11,13-14H,2-3,10,12H2,1H3,(H,26,27)(H,28,29). The third-order valence-corrected chi connectivity index (χ3v) is 6.18. The van der Waals surface area contributed by atoms with Gasteiger partial charge in [0, 0.05) is 22.5 Å². The number of aliphatic carboxylic acids is 1. The lowest BCUT2D eigenvalue weighted by Crippen LogP contribution is -2.55. The van der Waals surface area contributed by atoms with Crippen molar-refractivity contribution >= 4 is 40.7 Å². The number of halogens is 2. The van der Waals surface area contributed by atoms with Gasteiger partial charge < -0.3 is 10.1 Å². The number of carboxylic acids is 1. The zero-order valence-corrected chi connectivity index (χ0v) is 18.4. The molecule has 0 spiro atoms. The van der Waals surface area contributed by atoms with E-state index in [4.69, 9.17) is 28.3 Å². The van der Waals surface area contributed by atoms with Crippen LogP contribution in [0.25, 0.3) is 0 Å². The minimum Gasteiger partial charge on any atom is -0.481 e. The van der Waals surface area contributed by atoms with E-state index < -0.39 is 27.8 Å². The number of carbonyl (C=O) groups is 3. The molecule has 2 N–H and O–H groups in total. The Morgan fingerprint density at radius 3 is 2.55 bits per heavy atom. The first-order chi connectivity index (χ1) is 14.7.